The molecule has 0 bridgehead atoms. The molecule has 2 saturated heterocycles. The molecular weight excluding hydrogens is 182 g/mol. The van der Waals surface area contributed by atoms with Crippen molar-refractivity contribution in [3.63, 3.8) is 0 Å². The van der Waals surface area contributed by atoms with Gasteiger partial charge in [0.15, 0.2) is 0 Å². The van der Waals surface area contributed by atoms with Gasteiger partial charge >= 0.3 is 6.09 Å². The third-order valence-corrected chi connectivity index (χ3v) is 3.28. The quantitative estimate of drug-likeness (QED) is 0.628. The fourth-order valence-corrected chi connectivity index (χ4v) is 2.61. The van der Waals surface area contributed by atoms with Gasteiger partial charge in [-0.2, -0.15) is 0 Å². The lowest BCUT2D eigenvalue weighted by Crippen LogP contribution is -2.34. The summed E-state index contributed by atoms with van der Waals surface area (Å²) in [5.74, 6) is 1.08. The van der Waals surface area contributed by atoms with Gasteiger partial charge in [0.05, 0.1) is 0 Å². The molecule has 80 valence electrons. The second-order valence-corrected chi connectivity index (χ2v) is 4.26. The van der Waals surface area contributed by atoms with E-state index in [4.69, 9.17) is 10.8 Å². The number of nitrogens with two attached hydrogens (primary N) is 1. The van der Waals surface area contributed by atoms with E-state index in [0.717, 1.165) is 19.6 Å². The van der Waals surface area contributed by atoms with Crippen molar-refractivity contribution in [2.24, 2.45) is 17.6 Å². The lowest BCUT2D eigenvalue weighted by atomic mass is 10.0. The minimum atomic E-state index is -0.773. The third kappa shape index (κ3) is 1.69. The molecule has 0 saturated carbocycles. The minimum absolute atomic E-state index is 0.539. The molecule has 0 radical (unpaired) electrons. The van der Waals surface area contributed by atoms with Crippen molar-refractivity contribution < 1.29 is 9.90 Å². The van der Waals surface area contributed by atoms with E-state index in [2.05, 4.69) is 4.90 Å². The number of nitrogens with zero attached hydrogens (tertiary/aromatic N) is 2. The average molecular weight is 199 g/mol. The molecule has 5 heteroatoms. The number of amides is 1. The van der Waals surface area contributed by atoms with Gasteiger partial charge in [0.1, 0.15) is 0 Å². The van der Waals surface area contributed by atoms with Crippen molar-refractivity contribution >= 4 is 6.09 Å². The molecule has 0 spiro atoms. The molecule has 2 heterocycles. The van der Waals surface area contributed by atoms with Crippen LogP contribution in [0.5, 0.6) is 0 Å². The van der Waals surface area contributed by atoms with E-state index in [9.17, 15) is 4.79 Å². The van der Waals surface area contributed by atoms with Crippen LogP contribution in [-0.4, -0.2) is 60.3 Å². The Morgan fingerprint density at radius 2 is 1.86 bits per heavy atom. The molecule has 5 nitrogen and oxygen atoms in total. The summed E-state index contributed by atoms with van der Waals surface area (Å²) in [7, 11) is 0. The lowest BCUT2D eigenvalue weighted by molar-refractivity contribution is 0.149. The van der Waals surface area contributed by atoms with E-state index in [0.29, 0.717) is 31.5 Å². The van der Waals surface area contributed by atoms with E-state index in [1.807, 2.05) is 0 Å². The van der Waals surface area contributed by atoms with Crippen LogP contribution in [0.25, 0.3) is 0 Å². The number of fused-ring (bicyclic) bond motifs is 1. The topological polar surface area (TPSA) is 69.8 Å². The van der Waals surface area contributed by atoms with E-state index in [1.165, 1.54) is 4.90 Å². The predicted octanol–water partition coefficient (Wildman–Crippen LogP) is -0.513. The van der Waals surface area contributed by atoms with E-state index >= 15 is 0 Å². The van der Waals surface area contributed by atoms with Crippen molar-refractivity contribution in [3.05, 3.63) is 0 Å². The largest absolute Gasteiger partial charge is 0.465 e. The summed E-state index contributed by atoms with van der Waals surface area (Å²) in [5, 5.41) is 8.83. The molecule has 14 heavy (non-hydrogen) atoms. The second-order valence-electron chi connectivity index (χ2n) is 4.26. The Morgan fingerprint density at radius 1 is 1.29 bits per heavy atom. The Hall–Kier alpha value is -0.810. The molecule has 3 N–H and O–H groups in total. The first-order chi connectivity index (χ1) is 6.70. The smallest absolute Gasteiger partial charge is 0.407 e. The van der Waals surface area contributed by atoms with E-state index in [-0.39, 0.29) is 0 Å². The zero-order valence-corrected chi connectivity index (χ0v) is 8.22. The Morgan fingerprint density at radius 3 is 2.29 bits per heavy atom. The van der Waals surface area contributed by atoms with Crippen LogP contribution in [0.15, 0.2) is 0 Å². The molecule has 1 amide bonds. The minimum Gasteiger partial charge on any atom is -0.465 e. The summed E-state index contributed by atoms with van der Waals surface area (Å²) in [6, 6.07) is 0. The molecular formula is C9H17N3O2. The SMILES string of the molecule is NCCN1CC2CN(C(=O)O)CC2C1. The monoisotopic (exact) mass is 199 g/mol. The van der Waals surface area contributed by atoms with Crippen LogP contribution in [-0.2, 0) is 0 Å². The molecule has 2 unspecified atom stereocenters. The zero-order valence-electron chi connectivity index (χ0n) is 8.22. The maximum atomic E-state index is 10.7. The highest BCUT2D eigenvalue weighted by molar-refractivity contribution is 5.65. The highest BCUT2D eigenvalue weighted by atomic mass is 16.4. The van der Waals surface area contributed by atoms with Crippen LogP contribution in [0.3, 0.4) is 0 Å². The molecule has 0 aromatic rings. The first kappa shape index (κ1) is 9.73. The molecule has 2 fully saturated rings. The van der Waals surface area contributed by atoms with Crippen molar-refractivity contribution in [1.29, 1.82) is 0 Å². The van der Waals surface area contributed by atoms with Gasteiger partial charge in [-0.1, -0.05) is 0 Å². The van der Waals surface area contributed by atoms with Crippen LogP contribution in [0.4, 0.5) is 4.79 Å². The lowest BCUT2D eigenvalue weighted by Gasteiger charge is -2.18. The first-order valence-electron chi connectivity index (χ1n) is 5.11. The fourth-order valence-electron chi connectivity index (χ4n) is 2.61. The Bertz CT molecular complexity index is 220. The zero-order chi connectivity index (χ0) is 10.1. The van der Waals surface area contributed by atoms with E-state index in [1.54, 1.807) is 0 Å². The summed E-state index contributed by atoms with van der Waals surface area (Å²) < 4.78 is 0. The molecule has 0 aliphatic carbocycles. The maximum absolute atomic E-state index is 10.7. The number of hydrogen-bond donors (Lipinski definition) is 2. The molecule has 2 aliphatic heterocycles. The predicted molar refractivity (Wildman–Crippen MR) is 52.1 cm³/mol. The second kappa shape index (κ2) is 3.74. The summed E-state index contributed by atoms with van der Waals surface area (Å²) >= 11 is 0. The molecule has 2 aliphatic rings. The molecule has 0 aromatic carbocycles. The number of hydrogen-bond acceptors (Lipinski definition) is 3. The number of carbonyl (C=O) groups is 1. The van der Waals surface area contributed by atoms with Crippen molar-refractivity contribution in [3.8, 4) is 0 Å². The van der Waals surface area contributed by atoms with Gasteiger partial charge in [-0.05, 0) is 11.8 Å². The number of likely N-dealkylation sites (tertiary alicyclic amines) is 2. The summed E-state index contributed by atoms with van der Waals surface area (Å²) in [6.45, 7) is 5.10. The van der Waals surface area contributed by atoms with Gasteiger partial charge in [0.2, 0.25) is 0 Å². The van der Waals surface area contributed by atoms with Crippen LogP contribution in [0.1, 0.15) is 0 Å². The Balaban J connectivity index is 1.87. The fraction of sp³-hybridized carbons (Fsp3) is 0.889. The van der Waals surface area contributed by atoms with Crippen LogP contribution in [0.2, 0.25) is 0 Å². The summed E-state index contributed by atoms with van der Waals surface area (Å²) in [6.07, 6.45) is -0.773. The van der Waals surface area contributed by atoms with Gasteiger partial charge in [0, 0.05) is 39.3 Å². The van der Waals surface area contributed by atoms with Crippen LogP contribution in [0, 0.1) is 11.8 Å². The Labute approximate surface area is 83.5 Å². The maximum Gasteiger partial charge on any atom is 0.407 e. The Kier molecular flexibility index (Phi) is 2.60. The van der Waals surface area contributed by atoms with Gasteiger partial charge in [-0.25, -0.2) is 4.79 Å². The highest BCUT2D eigenvalue weighted by Crippen LogP contribution is 2.30. The van der Waals surface area contributed by atoms with Crippen molar-refractivity contribution in [2.75, 3.05) is 39.3 Å². The standard InChI is InChI=1S/C9H17N3O2/c10-1-2-11-3-7-5-12(9(13)14)6-8(7)4-11/h7-8H,1-6,10H2,(H,13,14). The highest BCUT2D eigenvalue weighted by Gasteiger charge is 2.41. The molecule has 2 atom stereocenters. The van der Waals surface area contributed by atoms with Crippen molar-refractivity contribution in [1.82, 2.24) is 9.80 Å². The third-order valence-electron chi connectivity index (χ3n) is 3.28. The normalized spacial score (nSPS) is 32.2. The average Bonchev–Trinajstić information content (AvgIpc) is 2.61. The van der Waals surface area contributed by atoms with E-state index < -0.39 is 6.09 Å². The van der Waals surface area contributed by atoms with Gasteiger partial charge < -0.3 is 20.6 Å². The molecule has 2 rings (SSSR count). The first-order valence-corrected chi connectivity index (χ1v) is 5.11. The summed E-state index contributed by atoms with van der Waals surface area (Å²) in [5.41, 5.74) is 5.49. The van der Waals surface area contributed by atoms with Crippen LogP contribution < -0.4 is 5.73 Å². The number of rotatable bonds is 2. The van der Waals surface area contributed by atoms with Crippen molar-refractivity contribution in [2.45, 2.75) is 0 Å². The van der Waals surface area contributed by atoms with Crippen LogP contribution >= 0.6 is 0 Å². The molecule has 0 aromatic heterocycles. The number of carboxylic acid groups (broad SMARTS) is 1. The van der Waals surface area contributed by atoms with Gasteiger partial charge in [-0.3, -0.25) is 0 Å². The van der Waals surface area contributed by atoms with Gasteiger partial charge in [-0.15, -0.1) is 0 Å². The van der Waals surface area contributed by atoms with Gasteiger partial charge in [0.25, 0.3) is 0 Å². The summed E-state index contributed by atoms with van der Waals surface area (Å²) in [4.78, 5) is 14.6.